The minimum absolute atomic E-state index is 0.380. The van der Waals surface area contributed by atoms with Crippen molar-refractivity contribution in [3.63, 3.8) is 0 Å². The van der Waals surface area contributed by atoms with Crippen molar-refractivity contribution < 1.29 is 0 Å². The summed E-state index contributed by atoms with van der Waals surface area (Å²) in [6, 6.07) is 17.6. The fraction of sp³-hybridized carbons (Fsp3) is 0.294. The van der Waals surface area contributed by atoms with Gasteiger partial charge in [0.05, 0.1) is 0 Å². The third-order valence-electron chi connectivity index (χ3n) is 3.35. The van der Waals surface area contributed by atoms with Crippen molar-refractivity contribution in [2.24, 2.45) is 0 Å². The van der Waals surface area contributed by atoms with Crippen LogP contribution in [0.1, 0.15) is 35.2 Å². The van der Waals surface area contributed by atoms with Crippen LogP contribution >= 0.6 is 0 Å². The summed E-state index contributed by atoms with van der Waals surface area (Å²) in [5, 5.41) is 3.58. The summed E-state index contributed by atoms with van der Waals surface area (Å²) in [5.74, 6) is 0. The molecule has 1 N–H and O–H groups in total. The molecule has 0 bridgehead atoms. The van der Waals surface area contributed by atoms with Crippen LogP contribution in [0, 0.1) is 13.8 Å². The molecule has 0 aliphatic heterocycles. The lowest BCUT2D eigenvalue weighted by Gasteiger charge is -2.17. The number of aryl methyl sites for hydroxylation is 2. The van der Waals surface area contributed by atoms with Gasteiger partial charge in [-0.3, -0.25) is 0 Å². The van der Waals surface area contributed by atoms with Crippen LogP contribution in [0.4, 0.5) is 0 Å². The molecule has 1 unspecified atom stereocenters. The third-order valence-corrected chi connectivity index (χ3v) is 3.35. The highest BCUT2D eigenvalue weighted by Crippen LogP contribution is 2.18. The molecular weight excluding hydrogens is 218 g/mol. The Balaban J connectivity index is 2.01. The summed E-state index contributed by atoms with van der Waals surface area (Å²) in [6.07, 6.45) is 0. The third kappa shape index (κ3) is 3.21. The Morgan fingerprint density at radius 1 is 1.00 bits per heavy atom. The van der Waals surface area contributed by atoms with Gasteiger partial charge in [-0.1, -0.05) is 54.1 Å². The molecule has 1 heteroatoms. The fourth-order valence-corrected chi connectivity index (χ4v) is 2.29. The molecule has 2 aromatic carbocycles. The molecule has 2 rings (SSSR count). The van der Waals surface area contributed by atoms with Gasteiger partial charge in [0.15, 0.2) is 0 Å². The largest absolute Gasteiger partial charge is 0.306 e. The number of hydrogen-bond donors (Lipinski definition) is 1. The quantitative estimate of drug-likeness (QED) is 0.845. The standard InChI is InChI=1S/C17H21N/c1-13-9-10-17(14(2)11-13)15(3)18-12-16-7-5-4-6-8-16/h4-11,15,18H,12H2,1-3H3. The van der Waals surface area contributed by atoms with E-state index in [1.165, 1.54) is 22.3 Å². The summed E-state index contributed by atoms with van der Waals surface area (Å²) < 4.78 is 0. The van der Waals surface area contributed by atoms with Crippen molar-refractivity contribution in [1.29, 1.82) is 0 Å². The van der Waals surface area contributed by atoms with E-state index in [2.05, 4.69) is 74.6 Å². The predicted octanol–water partition coefficient (Wildman–Crippen LogP) is 4.15. The van der Waals surface area contributed by atoms with E-state index in [9.17, 15) is 0 Å². The highest BCUT2D eigenvalue weighted by molar-refractivity contribution is 5.32. The van der Waals surface area contributed by atoms with Crippen LogP contribution in [0.2, 0.25) is 0 Å². The molecule has 0 aromatic heterocycles. The van der Waals surface area contributed by atoms with Gasteiger partial charge < -0.3 is 5.32 Å². The number of rotatable bonds is 4. The van der Waals surface area contributed by atoms with Crippen molar-refractivity contribution in [3.8, 4) is 0 Å². The van der Waals surface area contributed by atoms with Crippen molar-refractivity contribution in [3.05, 3.63) is 70.8 Å². The monoisotopic (exact) mass is 239 g/mol. The molecule has 0 saturated heterocycles. The van der Waals surface area contributed by atoms with Gasteiger partial charge in [-0.25, -0.2) is 0 Å². The topological polar surface area (TPSA) is 12.0 Å². The maximum atomic E-state index is 3.58. The zero-order valence-corrected chi connectivity index (χ0v) is 11.4. The Hall–Kier alpha value is -1.60. The molecule has 94 valence electrons. The lowest BCUT2D eigenvalue weighted by atomic mass is 10.00. The van der Waals surface area contributed by atoms with Crippen LogP contribution in [0.3, 0.4) is 0 Å². The smallest absolute Gasteiger partial charge is 0.0297 e. The van der Waals surface area contributed by atoms with E-state index in [0.29, 0.717) is 6.04 Å². The first kappa shape index (κ1) is 12.8. The lowest BCUT2D eigenvalue weighted by molar-refractivity contribution is 0.572. The molecule has 0 amide bonds. The van der Waals surface area contributed by atoms with E-state index in [4.69, 9.17) is 0 Å². The molecule has 0 aliphatic rings. The van der Waals surface area contributed by atoms with Crippen LogP contribution < -0.4 is 5.32 Å². The molecule has 2 aromatic rings. The van der Waals surface area contributed by atoms with Gasteiger partial charge in [-0.15, -0.1) is 0 Å². The Bertz CT molecular complexity index is 502. The second kappa shape index (κ2) is 5.83. The van der Waals surface area contributed by atoms with Crippen molar-refractivity contribution in [2.45, 2.75) is 33.4 Å². The van der Waals surface area contributed by atoms with E-state index >= 15 is 0 Å². The van der Waals surface area contributed by atoms with Gasteiger partial charge >= 0.3 is 0 Å². The summed E-state index contributed by atoms with van der Waals surface area (Å²) in [6.45, 7) is 7.46. The minimum atomic E-state index is 0.380. The first-order chi connectivity index (χ1) is 8.66. The molecule has 0 heterocycles. The molecule has 1 atom stereocenters. The summed E-state index contributed by atoms with van der Waals surface area (Å²) >= 11 is 0. The van der Waals surface area contributed by atoms with E-state index in [0.717, 1.165) is 6.54 Å². The zero-order valence-electron chi connectivity index (χ0n) is 11.4. The van der Waals surface area contributed by atoms with Crippen molar-refractivity contribution >= 4 is 0 Å². The summed E-state index contributed by atoms with van der Waals surface area (Å²) in [5.41, 5.74) is 5.40. The number of benzene rings is 2. The van der Waals surface area contributed by atoms with Gasteiger partial charge in [-0.2, -0.15) is 0 Å². The van der Waals surface area contributed by atoms with Crippen LogP contribution in [0.15, 0.2) is 48.5 Å². The molecule has 0 saturated carbocycles. The van der Waals surface area contributed by atoms with E-state index in [-0.39, 0.29) is 0 Å². The average Bonchev–Trinajstić information content (AvgIpc) is 2.37. The molecule has 0 aliphatic carbocycles. The van der Waals surface area contributed by atoms with Crippen LogP contribution in [0.5, 0.6) is 0 Å². The van der Waals surface area contributed by atoms with Crippen molar-refractivity contribution in [1.82, 2.24) is 5.32 Å². The van der Waals surface area contributed by atoms with Gasteiger partial charge in [0.1, 0.15) is 0 Å². The van der Waals surface area contributed by atoms with Crippen LogP contribution in [-0.2, 0) is 6.54 Å². The minimum Gasteiger partial charge on any atom is -0.306 e. The zero-order chi connectivity index (χ0) is 13.0. The molecule has 1 nitrogen and oxygen atoms in total. The molecular formula is C17H21N. The first-order valence-electron chi connectivity index (χ1n) is 6.51. The fourth-order valence-electron chi connectivity index (χ4n) is 2.29. The van der Waals surface area contributed by atoms with E-state index in [1.807, 2.05) is 0 Å². The van der Waals surface area contributed by atoms with Gasteiger partial charge in [0, 0.05) is 12.6 Å². The maximum absolute atomic E-state index is 3.58. The highest BCUT2D eigenvalue weighted by atomic mass is 14.9. The van der Waals surface area contributed by atoms with Gasteiger partial charge in [0.25, 0.3) is 0 Å². The predicted molar refractivity (Wildman–Crippen MR) is 77.6 cm³/mol. The van der Waals surface area contributed by atoms with E-state index < -0.39 is 0 Å². The Kier molecular flexibility index (Phi) is 4.16. The number of hydrogen-bond acceptors (Lipinski definition) is 1. The Labute approximate surface area is 110 Å². The molecule has 0 spiro atoms. The SMILES string of the molecule is Cc1ccc(C(C)NCc2ccccc2)c(C)c1. The van der Waals surface area contributed by atoms with Crippen molar-refractivity contribution in [2.75, 3.05) is 0 Å². The lowest BCUT2D eigenvalue weighted by Crippen LogP contribution is -2.18. The number of nitrogens with one attached hydrogen (secondary N) is 1. The first-order valence-corrected chi connectivity index (χ1v) is 6.51. The normalized spacial score (nSPS) is 12.4. The average molecular weight is 239 g/mol. The van der Waals surface area contributed by atoms with Crippen LogP contribution in [0.25, 0.3) is 0 Å². The maximum Gasteiger partial charge on any atom is 0.0297 e. The van der Waals surface area contributed by atoms with Crippen LogP contribution in [-0.4, -0.2) is 0 Å². The Morgan fingerprint density at radius 2 is 1.72 bits per heavy atom. The summed E-state index contributed by atoms with van der Waals surface area (Å²) in [4.78, 5) is 0. The Morgan fingerprint density at radius 3 is 2.39 bits per heavy atom. The molecule has 0 fully saturated rings. The molecule has 18 heavy (non-hydrogen) atoms. The second-order valence-electron chi connectivity index (χ2n) is 4.95. The second-order valence-corrected chi connectivity index (χ2v) is 4.95. The molecule has 0 radical (unpaired) electrons. The highest BCUT2D eigenvalue weighted by Gasteiger charge is 2.07. The summed E-state index contributed by atoms with van der Waals surface area (Å²) in [7, 11) is 0. The van der Waals surface area contributed by atoms with Gasteiger partial charge in [-0.05, 0) is 37.5 Å². The van der Waals surface area contributed by atoms with E-state index in [1.54, 1.807) is 0 Å². The van der Waals surface area contributed by atoms with Gasteiger partial charge in [0.2, 0.25) is 0 Å².